The van der Waals surface area contributed by atoms with E-state index in [1.54, 1.807) is 0 Å². The van der Waals surface area contributed by atoms with Crippen LogP contribution in [-0.2, 0) is 6.54 Å². The van der Waals surface area contributed by atoms with Crippen molar-refractivity contribution in [2.75, 3.05) is 6.54 Å². The van der Waals surface area contributed by atoms with Gasteiger partial charge in [0.1, 0.15) is 5.65 Å². The van der Waals surface area contributed by atoms with Crippen LogP contribution in [-0.4, -0.2) is 27.1 Å². The zero-order chi connectivity index (χ0) is 13.9. The van der Waals surface area contributed by atoms with Crippen molar-refractivity contribution < 1.29 is 5.11 Å². The Hall–Kier alpha value is -1.10. The van der Waals surface area contributed by atoms with Gasteiger partial charge in [-0.05, 0) is 50.3 Å². The molecule has 2 heterocycles. The van der Waals surface area contributed by atoms with E-state index >= 15 is 0 Å². The fourth-order valence-corrected chi connectivity index (χ4v) is 3.02. The zero-order valence-electron chi connectivity index (χ0n) is 11.4. The van der Waals surface area contributed by atoms with Crippen LogP contribution in [0, 0.1) is 5.92 Å². The number of pyridine rings is 1. The average molecular weight is 294 g/mol. The summed E-state index contributed by atoms with van der Waals surface area (Å²) in [6.07, 6.45) is 7.94. The number of nitrogens with one attached hydrogen (secondary N) is 1. The molecule has 2 aromatic rings. The molecule has 0 aromatic carbocycles. The number of aliphatic hydroxyl groups excluding tert-OH is 1. The number of aromatic nitrogens is 2. The molecule has 3 rings (SSSR count). The topological polar surface area (TPSA) is 49.6 Å². The maximum absolute atomic E-state index is 9.49. The third kappa shape index (κ3) is 3.32. The molecule has 0 atom stereocenters. The van der Waals surface area contributed by atoms with Gasteiger partial charge in [-0.2, -0.15) is 0 Å². The molecule has 108 valence electrons. The molecule has 1 saturated carbocycles. The van der Waals surface area contributed by atoms with E-state index in [0.29, 0.717) is 5.92 Å². The van der Waals surface area contributed by atoms with Crippen LogP contribution in [0.1, 0.15) is 31.4 Å². The number of hydrogen-bond donors (Lipinski definition) is 2. The second-order valence-corrected chi connectivity index (χ2v) is 6.09. The highest BCUT2D eigenvalue weighted by atomic mass is 35.5. The molecule has 0 bridgehead atoms. The molecule has 1 fully saturated rings. The minimum atomic E-state index is -0.0746. The highest BCUT2D eigenvalue weighted by Crippen LogP contribution is 2.23. The molecule has 0 aliphatic heterocycles. The quantitative estimate of drug-likeness (QED) is 0.911. The maximum Gasteiger partial charge on any atom is 0.137 e. The molecule has 1 aliphatic rings. The van der Waals surface area contributed by atoms with E-state index in [9.17, 15) is 5.11 Å². The minimum absolute atomic E-state index is 0.0746. The van der Waals surface area contributed by atoms with E-state index in [0.717, 1.165) is 55.1 Å². The minimum Gasteiger partial charge on any atom is -0.393 e. The number of hydrogen-bond acceptors (Lipinski definition) is 3. The van der Waals surface area contributed by atoms with Crippen molar-refractivity contribution in [3.63, 3.8) is 0 Å². The molecule has 0 saturated heterocycles. The first kappa shape index (κ1) is 13.9. The average Bonchev–Trinajstić information content (AvgIpc) is 2.83. The normalized spacial score (nSPS) is 23.3. The van der Waals surface area contributed by atoms with Crippen molar-refractivity contribution in [1.29, 1.82) is 0 Å². The zero-order valence-corrected chi connectivity index (χ0v) is 12.2. The largest absolute Gasteiger partial charge is 0.393 e. The second kappa shape index (κ2) is 6.12. The highest BCUT2D eigenvalue weighted by Gasteiger charge is 2.18. The molecule has 5 heteroatoms. The van der Waals surface area contributed by atoms with Crippen LogP contribution in [0.25, 0.3) is 5.65 Å². The molecule has 0 amide bonds. The van der Waals surface area contributed by atoms with Crippen molar-refractivity contribution in [3.8, 4) is 0 Å². The molecule has 2 aromatic heterocycles. The standard InChI is InChI=1S/C15H20ClN3O/c16-12-3-6-15-18-13(10-19(15)9-12)8-17-7-11-1-4-14(20)5-2-11/h3,6,9-11,14,17,20H,1-2,4-5,7-8H2. The summed E-state index contributed by atoms with van der Waals surface area (Å²) in [4.78, 5) is 4.55. The van der Waals surface area contributed by atoms with Gasteiger partial charge >= 0.3 is 0 Å². The molecule has 2 N–H and O–H groups in total. The molecular formula is C15H20ClN3O. The Balaban J connectivity index is 1.52. The molecule has 20 heavy (non-hydrogen) atoms. The predicted molar refractivity (Wildman–Crippen MR) is 79.9 cm³/mol. The fourth-order valence-electron chi connectivity index (χ4n) is 2.86. The fraction of sp³-hybridized carbons (Fsp3) is 0.533. The summed E-state index contributed by atoms with van der Waals surface area (Å²) in [5.41, 5.74) is 1.95. The lowest BCUT2D eigenvalue weighted by atomic mass is 9.87. The van der Waals surface area contributed by atoms with Gasteiger partial charge in [-0.3, -0.25) is 0 Å². The van der Waals surface area contributed by atoms with E-state index in [-0.39, 0.29) is 6.10 Å². The predicted octanol–water partition coefficient (Wildman–Crippen LogP) is 2.63. The van der Waals surface area contributed by atoms with Crippen LogP contribution in [0.5, 0.6) is 0 Å². The Bertz CT molecular complexity index is 576. The summed E-state index contributed by atoms with van der Waals surface area (Å²) in [5, 5.41) is 13.7. The van der Waals surface area contributed by atoms with Gasteiger partial charge in [-0.1, -0.05) is 11.6 Å². The third-order valence-corrected chi connectivity index (χ3v) is 4.24. The first-order chi connectivity index (χ1) is 9.70. The van der Waals surface area contributed by atoms with Crippen LogP contribution in [0.2, 0.25) is 5.02 Å². The van der Waals surface area contributed by atoms with E-state index in [1.807, 2.05) is 28.9 Å². The highest BCUT2D eigenvalue weighted by molar-refractivity contribution is 6.30. The first-order valence-electron chi connectivity index (χ1n) is 7.22. The van der Waals surface area contributed by atoms with E-state index in [4.69, 9.17) is 11.6 Å². The van der Waals surface area contributed by atoms with Crippen molar-refractivity contribution in [2.24, 2.45) is 5.92 Å². The number of imidazole rings is 1. The summed E-state index contributed by atoms with van der Waals surface area (Å²) < 4.78 is 1.95. The van der Waals surface area contributed by atoms with Crippen LogP contribution >= 0.6 is 11.6 Å². The molecular weight excluding hydrogens is 274 g/mol. The molecule has 0 spiro atoms. The Morgan fingerprint density at radius 1 is 1.25 bits per heavy atom. The first-order valence-corrected chi connectivity index (χ1v) is 7.60. The molecule has 1 aliphatic carbocycles. The van der Waals surface area contributed by atoms with Crippen molar-refractivity contribution in [3.05, 3.63) is 35.2 Å². The Morgan fingerprint density at radius 2 is 2.05 bits per heavy atom. The monoisotopic (exact) mass is 293 g/mol. The summed E-state index contributed by atoms with van der Waals surface area (Å²) >= 11 is 5.96. The molecule has 4 nitrogen and oxygen atoms in total. The summed E-state index contributed by atoms with van der Waals surface area (Å²) in [5.74, 6) is 0.685. The van der Waals surface area contributed by atoms with Gasteiger partial charge in [-0.15, -0.1) is 0 Å². The van der Waals surface area contributed by atoms with Gasteiger partial charge < -0.3 is 14.8 Å². The molecule has 0 radical (unpaired) electrons. The smallest absolute Gasteiger partial charge is 0.137 e. The van der Waals surface area contributed by atoms with E-state index in [2.05, 4.69) is 10.3 Å². The second-order valence-electron chi connectivity index (χ2n) is 5.65. The lowest BCUT2D eigenvalue weighted by molar-refractivity contribution is 0.108. The van der Waals surface area contributed by atoms with Crippen LogP contribution in [0.3, 0.4) is 0 Å². The third-order valence-electron chi connectivity index (χ3n) is 4.02. The van der Waals surface area contributed by atoms with Crippen LogP contribution in [0.15, 0.2) is 24.5 Å². The summed E-state index contributed by atoms with van der Waals surface area (Å²) in [6.45, 7) is 1.78. The lowest BCUT2D eigenvalue weighted by Crippen LogP contribution is -2.27. The van der Waals surface area contributed by atoms with E-state index < -0.39 is 0 Å². The number of fused-ring (bicyclic) bond motifs is 1. The summed E-state index contributed by atoms with van der Waals surface area (Å²) in [7, 11) is 0. The van der Waals surface area contributed by atoms with Crippen molar-refractivity contribution >= 4 is 17.2 Å². The lowest BCUT2D eigenvalue weighted by Gasteiger charge is -2.25. The van der Waals surface area contributed by atoms with Gasteiger partial charge in [0.25, 0.3) is 0 Å². The van der Waals surface area contributed by atoms with Gasteiger partial charge in [0.05, 0.1) is 16.8 Å². The number of halogens is 1. The van der Waals surface area contributed by atoms with Gasteiger partial charge in [0, 0.05) is 18.9 Å². The van der Waals surface area contributed by atoms with Gasteiger partial charge in [0.2, 0.25) is 0 Å². The maximum atomic E-state index is 9.49. The number of nitrogens with zero attached hydrogens (tertiary/aromatic N) is 2. The Morgan fingerprint density at radius 3 is 2.85 bits per heavy atom. The summed E-state index contributed by atoms with van der Waals surface area (Å²) in [6, 6.07) is 3.78. The van der Waals surface area contributed by atoms with Gasteiger partial charge in [0.15, 0.2) is 0 Å². The van der Waals surface area contributed by atoms with Crippen LogP contribution < -0.4 is 5.32 Å². The van der Waals surface area contributed by atoms with Crippen LogP contribution in [0.4, 0.5) is 0 Å². The Labute approximate surface area is 123 Å². The molecule has 0 unspecified atom stereocenters. The Kier molecular flexibility index (Phi) is 4.24. The number of aliphatic hydroxyl groups is 1. The van der Waals surface area contributed by atoms with E-state index in [1.165, 1.54) is 0 Å². The SMILES string of the molecule is OC1CCC(CNCc2cn3cc(Cl)ccc3n2)CC1. The number of rotatable bonds is 4. The van der Waals surface area contributed by atoms with Gasteiger partial charge in [-0.25, -0.2) is 4.98 Å². The van der Waals surface area contributed by atoms with Crippen molar-refractivity contribution in [1.82, 2.24) is 14.7 Å². The van der Waals surface area contributed by atoms with Crippen molar-refractivity contribution in [2.45, 2.75) is 38.3 Å².